The Hall–Kier alpha value is -2.89. The van der Waals surface area contributed by atoms with E-state index in [9.17, 15) is 18.3 Å². The minimum absolute atomic E-state index is 0.295. The summed E-state index contributed by atoms with van der Waals surface area (Å²) in [6.07, 6.45) is 4.65. The number of hydrogen-bond donors (Lipinski definition) is 3. The average molecular weight is 544 g/mol. The first-order valence-corrected chi connectivity index (χ1v) is 14.9. The van der Waals surface area contributed by atoms with Gasteiger partial charge in [0.15, 0.2) is 0 Å². The molecule has 38 heavy (non-hydrogen) atoms. The lowest BCUT2D eigenvalue weighted by Gasteiger charge is -2.35. The molecule has 1 aromatic carbocycles. The van der Waals surface area contributed by atoms with Crippen LogP contribution in [0.25, 0.3) is 0 Å². The van der Waals surface area contributed by atoms with Crippen molar-refractivity contribution in [2.24, 2.45) is 5.41 Å². The summed E-state index contributed by atoms with van der Waals surface area (Å²) < 4.78 is 33.2. The van der Waals surface area contributed by atoms with Crippen molar-refractivity contribution in [3.8, 4) is 0 Å². The van der Waals surface area contributed by atoms with E-state index in [1.165, 1.54) is 19.8 Å². The number of morpholine rings is 1. The van der Waals surface area contributed by atoms with E-state index >= 15 is 0 Å². The van der Waals surface area contributed by atoms with Crippen molar-refractivity contribution >= 4 is 38.9 Å². The molecule has 0 bridgehead atoms. The maximum Gasteiger partial charge on any atom is 0.258 e. The van der Waals surface area contributed by atoms with Gasteiger partial charge in [0.25, 0.3) is 5.91 Å². The number of amides is 1. The van der Waals surface area contributed by atoms with Crippen LogP contribution in [0.4, 0.5) is 23.0 Å². The fourth-order valence-corrected chi connectivity index (χ4v) is 6.01. The number of carbonyl (C=O) groups excluding carboxylic acids is 1. The first-order chi connectivity index (χ1) is 18.2. The Balaban J connectivity index is 1.41. The zero-order chi connectivity index (χ0) is 26.9. The minimum Gasteiger partial charge on any atom is -0.395 e. The van der Waals surface area contributed by atoms with Gasteiger partial charge in [-0.05, 0) is 80.8 Å². The lowest BCUT2D eigenvalue weighted by molar-refractivity contribution is 0.102. The molecule has 1 amide bonds. The number of nitrogens with zero attached hydrogens (tertiary/aromatic N) is 3. The molecule has 11 heteroatoms. The molecule has 2 aliphatic heterocycles. The van der Waals surface area contributed by atoms with Crippen molar-refractivity contribution in [3.05, 3.63) is 41.5 Å². The Bertz CT molecular complexity index is 1280. The SMILES string of the molecule is Cc1cc(NC(=O)c2ccc(NS(=O)(=O)[C@@H](C)CO)cc2N2CCC3(CC2)CC3)nc(N2CCOCC2)c1. The zero-order valence-corrected chi connectivity index (χ0v) is 22.9. The lowest BCUT2D eigenvalue weighted by Crippen LogP contribution is -2.37. The molecule has 3 N–H and O–H groups in total. The molecule has 3 heterocycles. The van der Waals surface area contributed by atoms with E-state index in [1.807, 2.05) is 19.1 Å². The number of carbonyl (C=O) groups is 1. The number of anilines is 4. The van der Waals surface area contributed by atoms with E-state index in [1.54, 1.807) is 18.2 Å². The summed E-state index contributed by atoms with van der Waals surface area (Å²) in [5.74, 6) is 0.979. The highest BCUT2D eigenvalue weighted by Crippen LogP contribution is 2.54. The first-order valence-electron chi connectivity index (χ1n) is 13.3. The Morgan fingerprint density at radius 2 is 1.79 bits per heavy atom. The Labute approximate surface area is 224 Å². The van der Waals surface area contributed by atoms with Crippen LogP contribution in [-0.4, -0.2) is 75.7 Å². The van der Waals surface area contributed by atoms with Crippen LogP contribution >= 0.6 is 0 Å². The molecule has 3 fully saturated rings. The predicted octanol–water partition coefficient (Wildman–Crippen LogP) is 2.98. The van der Waals surface area contributed by atoms with Crippen molar-refractivity contribution in [2.75, 3.05) is 65.8 Å². The number of ether oxygens (including phenoxy) is 1. The van der Waals surface area contributed by atoms with Gasteiger partial charge in [-0.25, -0.2) is 13.4 Å². The molecule has 10 nitrogen and oxygen atoms in total. The lowest BCUT2D eigenvalue weighted by atomic mass is 9.93. The fraction of sp³-hybridized carbons (Fsp3) is 0.556. The van der Waals surface area contributed by atoms with E-state index < -0.39 is 21.9 Å². The molecule has 1 spiro atoms. The van der Waals surface area contributed by atoms with Crippen molar-refractivity contribution in [1.82, 2.24) is 4.98 Å². The molecule has 0 radical (unpaired) electrons. The minimum atomic E-state index is -3.76. The first kappa shape index (κ1) is 26.7. The van der Waals surface area contributed by atoms with Gasteiger partial charge < -0.3 is 25.0 Å². The van der Waals surface area contributed by atoms with Crippen LogP contribution in [0.15, 0.2) is 30.3 Å². The van der Waals surface area contributed by atoms with Crippen molar-refractivity contribution in [1.29, 1.82) is 0 Å². The van der Waals surface area contributed by atoms with Gasteiger partial charge in [-0.1, -0.05) is 0 Å². The largest absolute Gasteiger partial charge is 0.395 e. The number of sulfonamides is 1. The number of hydrogen-bond acceptors (Lipinski definition) is 8. The van der Waals surface area contributed by atoms with Gasteiger partial charge in [-0.2, -0.15) is 0 Å². The highest BCUT2D eigenvalue weighted by atomic mass is 32.2. The Morgan fingerprint density at radius 1 is 1.08 bits per heavy atom. The van der Waals surface area contributed by atoms with E-state index in [2.05, 4.69) is 19.8 Å². The van der Waals surface area contributed by atoms with Crippen molar-refractivity contribution < 1.29 is 23.1 Å². The van der Waals surface area contributed by atoms with Gasteiger partial charge in [0.1, 0.15) is 16.9 Å². The van der Waals surface area contributed by atoms with Gasteiger partial charge in [0.2, 0.25) is 10.0 Å². The van der Waals surface area contributed by atoms with E-state index in [0.29, 0.717) is 41.4 Å². The number of aliphatic hydroxyl groups excluding tert-OH is 1. The monoisotopic (exact) mass is 543 g/mol. The smallest absolute Gasteiger partial charge is 0.258 e. The van der Waals surface area contributed by atoms with Crippen LogP contribution in [0.5, 0.6) is 0 Å². The van der Waals surface area contributed by atoms with E-state index in [0.717, 1.165) is 50.4 Å². The van der Waals surface area contributed by atoms with Gasteiger partial charge in [0, 0.05) is 26.2 Å². The van der Waals surface area contributed by atoms with Gasteiger partial charge in [-0.15, -0.1) is 0 Å². The number of nitrogens with one attached hydrogen (secondary N) is 2. The normalized spacial score (nSPS) is 19.8. The molecule has 3 aliphatic rings. The average Bonchev–Trinajstić information content (AvgIpc) is 3.67. The summed E-state index contributed by atoms with van der Waals surface area (Å²) in [4.78, 5) is 22.6. The van der Waals surface area contributed by atoms with Crippen LogP contribution in [0.1, 0.15) is 48.5 Å². The van der Waals surface area contributed by atoms with Crippen molar-refractivity contribution in [2.45, 2.75) is 44.8 Å². The van der Waals surface area contributed by atoms with Gasteiger partial charge in [0.05, 0.1) is 36.8 Å². The molecule has 2 saturated heterocycles. The number of benzene rings is 1. The molecule has 1 atom stereocenters. The Morgan fingerprint density at radius 3 is 2.45 bits per heavy atom. The third-order valence-electron chi connectivity index (χ3n) is 7.94. The second kappa shape index (κ2) is 10.7. The molecule has 1 aliphatic carbocycles. The highest BCUT2D eigenvalue weighted by Gasteiger charge is 2.44. The number of rotatable bonds is 8. The van der Waals surface area contributed by atoms with Crippen LogP contribution in [0, 0.1) is 12.3 Å². The predicted molar refractivity (Wildman–Crippen MR) is 149 cm³/mol. The number of piperidine rings is 1. The summed E-state index contributed by atoms with van der Waals surface area (Å²) in [6.45, 7) is 7.35. The summed E-state index contributed by atoms with van der Waals surface area (Å²) >= 11 is 0. The van der Waals surface area contributed by atoms with Crippen LogP contribution in [-0.2, 0) is 14.8 Å². The summed E-state index contributed by atoms with van der Waals surface area (Å²) in [5.41, 5.74) is 2.97. The zero-order valence-electron chi connectivity index (χ0n) is 22.1. The summed E-state index contributed by atoms with van der Waals surface area (Å²) in [7, 11) is -3.76. The maximum absolute atomic E-state index is 13.6. The molecular formula is C27H37N5O5S. The standard InChI is InChI=1S/C27H37N5O5S/c1-19-15-24(28-25(16-19)32-11-13-37-14-12-32)29-26(34)22-4-3-21(30-38(35,36)20(2)18-33)17-23(22)31-9-7-27(5-6-27)8-10-31/h3-4,15-17,20,30,33H,5-14,18H2,1-2H3,(H,28,29,34)/t20-/m0/s1. The molecule has 1 saturated carbocycles. The fourth-order valence-electron chi connectivity index (χ4n) is 5.16. The third kappa shape index (κ3) is 5.89. The van der Waals surface area contributed by atoms with E-state index in [-0.39, 0.29) is 5.91 Å². The van der Waals surface area contributed by atoms with Gasteiger partial charge in [-0.3, -0.25) is 9.52 Å². The number of aromatic nitrogens is 1. The summed E-state index contributed by atoms with van der Waals surface area (Å²) in [6, 6.07) is 8.83. The summed E-state index contributed by atoms with van der Waals surface area (Å²) in [5, 5.41) is 11.4. The second-order valence-electron chi connectivity index (χ2n) is 10.8. The molecule has 206 valence electrons. The second-order valence-corrected chi connectivity index (χ2v) is 12.9. The number of pyridine rings is 1. The topological polar surface area (TPSA) is 124 Å². The molecule has 5 rings (SSSR count). The molecule has 0 unspecified atom stereocenters. The van der Waals surface area contributed by atoms with Gasteiger partial charge >= 0.3 is 0 Å². The van der Waals surface area contributed by atoms with Crippen LogP contribution < -0.4 is 19.8 Å². The van der Waals surface area contributed by atoms with Crippen LogP contribution in [0.2, 0.25) is 0 Å². The highest BCUT2D eigenvalue weighted by molar-refractivity contribution is 7.93. The maximum atomic E-state index is 13.6. The third-order valence-corrected chi connectivity index (χ3v) is 9.67. The number of aliphatic hydroxyl groups is 1. The van der Waals surface area contributed by atoms with Crippen molar-refractivity contribution in [3.63, 3.8) is 0 Å². The molecular weight excluding hydrogens is 506 g/mol. The molecule has 1 aromatic heterocycles. The number of aryl methyl sites for hydroxylation is 1. The quantitative estimate of drug-likeness (QED) is 0.464. The Kier molecular flexibility index (Phi) is 7.52. The van der Waals surface area contributed by atoms with E-state index in [4.69, 9.17) is 9.72 Å². The molecule has 2 aromatic rings. The van der Waals surface area contributed by atoms with Crippen LogP contribution in [0.3, 0.4) is 0 Å².